The molecule has 0 aliphatic heterocycles. The molecule has 18 heavy (non-hydrogen) atoms. The molecule has 2 atom stereocenters. The van der Waals surface area contributed by atoms with E-state index in [9.17, 15) is 0 Å². The van der Waals surface area contributed by atoms with Gasteiger partial charge in [-0.2, -0.15) is 0 Å². The van der Waals surface area contributed by atoms with Crippen molar-refractivity contribution in [3.63, 3.8) is 0 Å². The second-order valence-electron chi connectivity index (χ2n) is 4.83. The number of nitrogens with one attached hydrogen (secondary N) is 1. The Labute approximate surface area is 115 Å². The van der Waals surface area contributed by atoms with Crippen LogP contribution in [0, 0.1) is 13.8 Å². The summed E-state index contributed by atoms with van der Waals surface area (Å²) >= 11 is 1.83. The van der Waals surface area contributed by atoms with Crippen molar-refractivity contribution in [2.45, 2.75) is 59.1 Å². The van der Waals surface area contributed by atoms with Gasteiger partial charge in [-0.1, -0.05) is 6.92 Å². The highest BCUT2D eigenvalue weighted by Gasteiger charge is 2.13. The van der Waals surface area contributed by atoms with E-state index >= 15 is 0 Å². The van der Waals surface area contributed by atoms with Crippen molar-refractivity contribution in [2.24, 2.45) is 0 Å². The molecule has 4 heteroatoms. The maximum Gasteiger partial charge on any atom is 0.0946 e. The average Bonchev–Trinajstić information content (AvgIpc) is 2.65. The van der Waals surface area contributed by atoms with Gasteiger partial charge in [-0.3, -0.25) is 0 Å². The third-order valence-corrected chi connectivity index (χ3v) is 4.41. The van der Waals surface area contributed by atoms with Crippen LogP contribution in [0.15, 0.2) is 0 Å². The minimum atomic E-state index is 0.339. The second-order valence-corrected chi connectivity index (χ2v) is 6.12. The van der Waals surface area contributed by atoms with Gasteiger partial charge in [0.1, 0.15) is 0 Å². The predicted molar refractivity (Wildman–Crippen MR) is 78.5 cm³/mol. The number of likely N-dealkylation sites (N-methyl/N-ethyl adjacent to an activating group) is 1. The van der Waals surface area contributed by atoms with Crippen LogP contribution in [0.1, 0.15) is 42.3 Å². The fraction of sp³-hybridized carbons (Fsp3) is 0.786. The van der Waals surface area contributed by atoms with E-state index in [1.165, 1.54) is 15.6 Å². The summed E-state index contributed by atoms with van der Waals surface area (Å²) in [5.74, 6) is 0. The maximum absolute atomic E-state index is 5.31. The molecule has 0 aliphatic rings. The van der Waals surface area contributed by atoms with E-state index in [4.69, 9.17) is 4.74 Å². The molecule has 1 rings (SSSR count). The minimum absolute atomic E-state index is 0.339. The highest BCUT2D eigenvalue weighted by molar-refractivity contribution is 7.11. The van der Waals surface area contributed by atoms with Crippen LogP contribution < -0.4 is 5.32 Å². The number of rotatable bonds is 8. The molecule has 104 valence electrons. The topological polar surface area (TPSA) is 34.1 Å². The molecule has 3 nitrogen and oxygen atoms in total. The molecular formula is C14H26N2OS. The first kappa shape index (κ1) is 15.6. The Morgan fingerprint density at radius 3 is 2.56 bits per heavy atom. The number of thiazole rings is 1. The molecule has 0 radical (unpaired) electrons. The fourth-order valence-electron chi connectivity index (χ4n) is 1.96. The zero-order chi connectivity index (χ0) is 13.5. The molecule has 1 heterocycles. The molecule has 0 aliphatic carbocycles. The van der Waals surface area contributed by atoms with E-state index in [1.54, 1.807) is 7.11 Å². The predicted octanol–water partition coefficient (Wildman–Crippen LogP) is 3.10. The van der Waals surface area contributed by atoms with Crippen LogP contribution in [0.4, 0.5) is 0 Å². The van der Waals surface area contributed by atoms with Crippen molar-refractivity contribution in [1.82, 2.24) is 10.3 Å². The third kappa shape index (κ3) is 5.04. The molecule has 0 fully saturated rings. The molecule has 0 aromatic carbocycles. The van der Waals surface area contributed by atoms with Crippen LogP contribution in [0.25, 0.3) is 0 Å². The van der Waals surface area contributed by atoms with Gasteiger partial charge >= 0.3 is 0 Å². The van der Waals surface area contributed by atoms with Gasteiger partial charge in [0.25, 0.3) is 0 Å². The summed E-state index contributed by atoms with van der Waals surface area (Å²) < 4.78 is 5.31. The van der Waals surface area contributed by atoms with Crippen LogP contribution >= 0.6 is 11.3 Å². The Kier molecular flexibility index (Phi) is 6.82. The number of methoxy groups -OCH3 is 1. The van der Waals surface area contributed by atoms with Crippen LogP contribution in [0.2, 0.25) is 0 Å². The Hall–Kier alpha value is -0.450. The summed E-state index contributed by atoms with van der Waals surface area (Å²) in [6, 6.07) is 0.512. The summed E-state index contributed by atoms with van der Waals surface area (Å²) in [4.78, 5) is 5.97. The van der Waals surface area contributed by atoms with Gasteiger partial charge in [0.2, 0.25) is 0 Å². The lowest BCUT2D eigenvalue weighted by Crippen LogP contribution is -2.31. The first-order valence-electron chi connectivity index (χ1n) is 6.75. The van der Waals surface area contributed by atoms with Gasteiger partial charge in [0.15, 0.2) is 0 Å². The largest absolute Gasteiger partial charge is 0.382 e. The van der Waals surface area contributed by atoms with Gasteiger partial charge in [0.05, 0.1) is 16.8 Å². The van der Waals surface area contributed by atoms with Gasteiger partial charge in [0, 0.05) is 24.4 Å². The van der Waals surface area contributed by atoms with Crippen LogP contribution in [-0.4, -0.2) is 30.8 Å². The van der Waals surface area contributed by atoms with Gasteiger partial charge in [-0.15, -0.1) is 11.3 Å². The van der Waals surface area contributed by atoms with Crippen molar-refractivity contribution < 1.29 is 4.74 Å². The lowest BCUT2D eigenvalue weighted by molar-refractivity contribution is 0.106. The Morgan fingerprint density at radius 1 is 1.33 bits per heavy atom. The lowest BCUT2D eigenvalue weighted by Gasteiger charge is -2.18. The summed E-state index contributed by atoms with van der Waals surface area (Å²) in [6.45, 7) is 9.53. The summed E-state index contributed by atoms with van der Waals surface area (Å²) in [5, 5.41) is 4.80. The Bertz CT molecular complexity index is 332. The van der Waals surface area contributed by atoms with E-state index in [0.29, 0.717) is 12.1 Å². The Balaban J connectivity index is 2.51. The SMILES string of the molecule is CCNC(CCC(C)OC)Cc1nc(C)c(C)s1. The highest BCUT2D eigenvalue weighted by atomic mass is 32.1. The van der Waals surface area contributed by atoms with E-state index in [2.05, 4.69) is 38.0 Å². The molecule has 1 aromatic rings. The van der Waals surface area contributed by atoms with E-state index in [1.807, 2.05) is 11.3 Å². The minimum Gasteiger partial charge on any atom is -0.382 e. The zero-order valence-electron chi connectivity index (χ0n) is 12.2. The van der Waals surface area contributed by atoms with Crippen LogP contribution in [0.5, 0.6) is 0 Å². The number of aryl methyl sites for hydroxylation is 2. The quantitative estimate of drug-likeness (QED) is 0.788. The van der Waals surface area contributed by atoms with Crippen LogP contribution in [-0.2, 0) is 11.2 Å². The first-order valence-corrected chi connectivity index (χ1v) is 7.57. The van der Waals surface area contributed by atoms with Gasteiger partial charge in [-0.25, -0.2) is 4.98 Å². The van der Waals surface area contributed by atoms with E-state index in [0.717, 1.165) is 25.8 Å². The smallest absolute Gasteiger partial charge is 0.0946 e. The van der Waals surface area contributed by atoms with Crippen molar-refractivity contribution in [3.05, 3.63) is 15.6 Å². The molecular weight excluding hydrogens is 244 g/mol. The van der Waals surface area contributed by atoms with E-state index in [-0.39, 0.29) is 0 Å². The average molecular weight is 270 g/mol. The Morgan fingerprint density at radius 2 is 2.06 bits per heavy atom. The molecule has 0 amide bonds. The molecule has 0 saturated heterocycles. The van der Waals surface area contributed by atoms with E-state index < -0.39 is 0 Å². The maximum atomic E-state index is 5.31. The number of ether oxygens (including phenoxy) is 1. The standard InChI is InChI=1S/C14H26N2OS/c1-6-15-13(8-7-10(2)17-5)9-14-16-11(3)12(4)18-14/h10,13,15H,6-9H2,1-5H3. The summed E-state index contributed by atoms with van der Waals surface area (Å²) in [7, 11) is 1.78. The molecule has 0 spiro atoms. The molecule has 1 N–H and O–H groups in total. The normalized spacial score (nSPS) is 14.7. The number of hydrogen-bond acceptors (Lipinski definition) is 4. The van der Waals surface area contributed by atoms with Crippen molar-refractivity contribution >= 4 is 11.3 Å². The molecule has 0 bridgehead atoms. The summed E-state index contributed by atoms with van der Waals surface area (Å²) in [6.07, 6.45) is 3.60. The number of aromatic nitrogens is 1. The molecule has 1 aromatic heterocycles. The molecule has 0 saturated carbocycles. The number of nitrogens with zero attached hydrogens (tertiary/aromatic N) is 1. The lowest BCUT2D eigenvalue weighted by atomic mass is 10.1. The highest BCUT2D eigenvalue weighted by Crippen LogP contribution is 2.19. The molecule has 2 unspecified atom stereocenters. The zero-order valence-corrected chi connectivity index (χ0v) is 13.1. The van der Waals surface area contributed by atoms with Crippen molar-refractivity contribution in [3.8, 4) is 0 Å². The first-order chi connectivity index (χ1) is 8.56. The van der Waals surface area contributed by atoms with Gasteiger partial charge < -0.3 is 10.1 Å². The summed E-state index contributed by atoms with van der Waals surface area (Å²) in [5.41, 5.74) is 1.18. The monoisotopic (exact) mass is 270 g/mol. The van der Waals surface area contributed by atoms with Crippen molar-refractivity contribution in [1.29, 1.82) is 0 Å². The number of hydrogen-bond donors (Lipinski definition) is 1. The third-order valence-electron chi connectivity index (χ3n) is 3.31. The van der Waals surface area contributed by atoms with Gasteiger partial charge in [-0.05, 0) is 40.2 Å². The van der Waals surface area contributed by atoms with Crippen LogP contribution in [0.3, 0.4) is 0 Å². The van der Waals surface area contributed by atoms with Crippen molar-refractivity contribution in [2.75, 3.05) is 13.7 Å². The fourth-order valence-corrected chi connectivity index (χ4v) is 2.97. The second kappa shape index (κ2) is 7.87.